The first kappa shape index (κ1) is 11.1. The van der Waals surface area contributed by atoms with Gasteiger partial charge in [-0.25, -0.2) is 4.52 Å². The Hall–Kier alpha value is -1.43. The summed E-state index contributed by atoms with van der Waals surface area (Å²) < 4.78 is 2.41. The lowest BCUT2D eigenvalue weighted by molar-refractivity contribution is -0.118. The summed E-state index contributed by atoms with van der Waals surface area (Å²) in [6.07, 6.45) is 0. The molecule has 0 saturated heterocycles. The van der Waals surface area contributed by atoms with Crippen LogP contribution in [0.2, 0.25) is 0 Å². The predicted molar refractivity (Wildman–Crippen MR) is 64.2 cm³/mol. The first-order valence-corrected chi connectivity index (χ1v) is 5.69. The maximum atomic E-state index is 11.5. The molecule has 2 aromatic rings. The first-order chi connectivity index (χ1) is 7.58. The average Bonchev–Trinajstić information content (AvgIpc) is 2.61. The predicted octanol–water partition coefficient (Wildman–Crippen LogP) is 2.09. The number of carbonyl (C=O) groups is 1. The van der Waals surface area contributed by atoms with Gasteiger partial charge in [0, 0.05) is 5.92 Å². The average molecular weight is 283 g/mol. The fourth-order valence-corrected chi connectivity index (χ4v) is 1.59. The van der Waals surface area contributed by atoms with Crippen molar-refractivity contribution in [2.45, 2.75) is 13.8 Å². The highest BCUT2D eigenvalue weighted by Gasteiger charge is 2.11. The molecule has 1 N–H and O–H groups in total. The number of fused-ring (bicyclic) bond motifs is 1. The third kappa shape index (κ3) is 2.06. The summed E-state index contributed by atoms with van der Waals surface area (Å²) >= 11 is 3.35. The van der Waals surface area contributed by atoms with Crippen molar-refractivity contribution in [3.63, 3.8) is 0 Å². The fourth-order valence-electron chi connectivity index (χ4n) is 1.18. The zero-order valence-corrected chi connectivity index (χ0v) is 10.5. The lowest BCUT2D eigenvalue weighted by Crippen LogP contribution is -2.18. The topological polar surface area (TPSA) is 59.3 Å². The van der Waals surface area contributed by atoms with Crippen LogP contribution < -0.4 is 5.32 Å². The number of amides is 1. The van der Waals surface area contributed by atoms with Crippen LogP contribution in [0, 0.1) is 5.92 Å². The quantitative estimate of drug-likeness (QED) is 0.858. The van der Waals surface area contributed by atoms with E-state index in [4.69, 9.17) is 0 Å². The van der Waals surface area contributed by atoms with Gasteiger partial charge in [0.2, 0.25) is 11.9 Å². The van der Waals surface area contributed by atoms with E-state index in [1.165, 1.54) is 0 Å². The zero-order valence-electron chi connectivity index (χ0n) is 8.94. The monoisotopic (exact) mass is 282 g/mol. The van der Waals surface area contributed by atoms with Crippen LogP contribution in [0.4, 0.5) is 5.95 Å². The minimum absolute atomic E-state index is 0.0879. The number of anilines is 1. The second kappa shape index (κ2) is 4.21. The molecule has 6 heteroatoms. The van der Waals surface area contributed by atoms with Gasteiger partial charge < -0.3 is 0 Å². The highest BCUT2D eigenvalue weighted by atomic mass is 79.9. The summed E-state index contributed by atoms with van der Waals surface area (Å²) in [7, 11) is 0. The molecule has 0 aromatic carbocycles. The molecule has 0 aliphatic carbocycles. The van der Waals surface area contributed by atoms with Crippen LogP contribution in [0.15, 0.2) is 22.8 Å². The summed E-state index contributed by atoms with van der Waals surface area (Å²) in [6.45, 7) is 3.64. The lowest BCUT2D eigenvalue weighted by Gasteiger charge is -2.02. The molecule has 2 heterocycles. The summed E-state index contributed by atoms with van der Waals surface area (Å²) in [4.78, 5) is 15.6. The van der Waals surface area contributed by atoms with Gasteiger partial charge in [-0.05, 0) is 28.1 Å². The van der Waals surface area contributed by atoms with Gasteiger partial charge in [-0.15, -0.1) is 5.10 Å². The van der Waals surface area contributed by atoms with Gasteiger partial charge >= 0.3 is 0 Å². The molecule has 0 spiro atoms. The Balaban J connectivity index is 2.33. The van der Waals surface area contributed by atoms with Crippen LogP contribution in [0.5, 0.6) is 0 Å². The van der Waals surface area contributed by atoms with E-state index < -0.39 is 0 Å². The fraction of sp³-hybridized carbons (Fsp3) is 0.300. The lowest BCUT2D eigenvalue weighted by atomic mass is 10.2. The highest BCUT2D eigenvalue weighted by Crippen LogP contribution is 2.13. The van der Waals surface area contributed by atoms with Gasteiger partial charge in [-0.2, -0.15) is 4.98 Å². The minimum Gasteiger partial charge on any atom is -0.293 e. The van der Waals surface area contributed by atoms with E-state index in [1.54, 1.807) is 4.52 Å². The van der Waals surface area contributed by atoms with Crippen LogP contribution >= 0.6 is 15.9 Å². The molecule has 0 fully saturated rings. The first-order valence-electron chi connectivity index (χ1n) is 4.90. The van der Waals surface area contributed by atoms with Crippen molar-refractivity contribution in [1.29, 1.82) is 0 Å². The van der Waals surface area contributed by atoms with Gasteiger partial charge in [0.25, 0.3) is 0 Å². The van der Waals surface area contributed by atoms with Gasteiger partial charge in [-0.1, -0.05) is 19.9 Å². The zero-order chi connectivity index (χ0) is 11.7. The van der Waals surface area contributed by atoms with Gasteiger partial charge in [0.1, 0.15) is 4.60 Å². The number of rotatable bonds is 2. The van der Waals surface area contributed by atoms with E-state index in [9.17, 15) is 4.79 Å². The van der Waals surface area contributed by atoms with Gasteiger partial charge in [-0.3, -0.25) is 10.1 Å². The van der Waals surface area contributed by atoms with E-state index in [0.29, 0.717) is 11.6 Å². The standard InChI is InChI=1S/C10H11BrN4O/c1-6(2)9(16)13-10-12-8-5-3-4-7(11)15(8)14-10/h3-6H,1-2H3,(H,13,14,16). The largest absolute Gasteiger partial charge is 0.293 e. The number of aromatic nitrogens is 3. The van der Waals surface area contributed by atoms with Crippen LogP contribution in [-0.2, 0) is 4.79 Å². The van der Waals surface area contributed by atoms with E-state index in [-0.39, 0.29) is 11.8 Å². The van der Waals surface area contributed by atoms with Gasteiger partial charge in [0.05, 0.1) is 0 Å². The van der Waals surface area contributed by atoms with E-state index in [0.717, 1.165) is 4.60 Å². The van der Waals surface area contributed by atoms with Crippen LogP contribution in [0.3, 0.4) is 0 Å². The summed E-state index contributed by atoms with van der Waals surface area (Å²) in [5.74, 6) is 0.146. The molecule has 1 amide bonds. The number of nitrogens with zero attached hydrogens (tertiary/aromatic N) is 3. The molecule has 16 heavy (non-hydrogen) atoms. The molecule has 2 rings (SSSR count). The molecule has 0 unspecified atom stereocenters. The Morgan fingerprint density at radius 2 is 2.25 bits per heavy atom. The van der Waals surface area contributed by atoms with Crippen molar-refractivity contribution in [2.75, 3.05) is 5.32 Å². The number of nitrogens with one attached hydrogen (secondary N) is 1. The summed E-state index contributed by atoms with van der Waals surface area (Å²) in [6, 6.07) is 5.54. The van der Waals surface area contributed by atoms with Gasteiger partial charge in [0.15, 0.2) is 5.65 Å². The summed E-state index contributed by atoms with van der Waals surface area (Å²) in [5, 5.41) is 6.82. The highest BCUT2D eigenvalue weighted by molar-refractivity contribution is 9.10. The van der Waals surface area contributed by atoms with E-state index in [1.807, 2.05) is 32.0 Å². The molecule has 0 bridgehead atoms. The van der Waals surface area contributed by atoms with Crippen molar-refractivity contribution in [3.8, 4) is 0 Å². The Labute approximate surface area is 101 Å². The molecular formula is C10H11BrN4O. The number of pyridine rings is 1. The third-order valence-corrected chi connectivity index (χ3v) is 2.67. The maximum Gasteiger partial charge on any atom is 0.249 e. The number of hydrogen-bond acceptors (Lipinski definition) is 3. The van der Waals surface area contributed by atoms with Crippen molar-refractivity contribution in [1.82, 2.24) is 14.6 Å². The third-order valence-electron chi connectivity index (χ3n) is 2.07. The molecule has 5 nitrogen and oxygen atoms in total. The Kier molecular flexibility index (Phi) is 2.91. The van der Waals surface area contributed by atoms with Crippen LogP contribution in [0.1, 0.15) is 13.8 Å². The number of hydrogen-bond donors (Lipinski definition) is 1. The minimum atomic E-state index is -0.0907. The molecule has 2 aromatic heterocycles. The van der Waals surface area contributed by atoms with Crippen molar-refractivity contribution >= 4 is 33.4 Å². The summed E-state index contributed by atoms with van der Waals surface area (Å²) in [5.41, 5.74) is 0.688. The molecule has 0 saturated carbocycles. The van der Waals surface area contributed by atoms with Crippen LogP contribution in [0.25, 0.3) is 5.65 Å². The Morgan fingerprint density at radius 1 is 1.50 bits per heavy atom. The van der Waals surface area contributed by atoms with Crippen LogP contribution in [-0.4, -0.2) is 20.5 Å². The number of halogens is 1. The van der Waals surface area contributed by atoms with Crippen molar-refractivity contribution in [2.24, 2.45) is 5.92 Å². The molecular weight excluding hydrogens is 272 g/mol. The maximum absolute atomic E-state index is 11.5. The van der Waals surface area contributed by atoms with E-state index in [2.05, 4.69) is 31.3 Å². The van der Waals surface area contributed by atoms with Crippen molar-refractivity contribution in [3.05, 3.63) is 22.8 Å². The second-order valence-electron chi connectivity index (χ2n) is 3.70. The Bertz CT molecular complexity index is 535. The van der Waals surface area contributed by atoms with Crippen molar-refractivity contribution < 1.29 is 4.79 Å². The molecule has 0 radical (unpaired) electrons. The second-order valence-corrected chi connectivity index (χ2v) is 4.51. The SMILES string of the molecule is CC(C)C(=O)Nc1nc2cccc(Br)n2n1. The smallest absolute Gasteiger partial charge is 0.249 e. The molecule has 0 aliphatic rings. The number of carbonyl (C=O) groups excluding carboxylic acids is 1. The molecule has 0 aliphatic heterocycles. The van der Waals surface area contributed by atoms with E-state index >= 15 is 0 Å². The normalized spacial score (nSPS) is 11.0. The molecule has 84 valence electrons. The molecule has 0 atom stereocenters. The Morgan fingerprint density at radius 3 is 2.88 bits per heavy atom.